The summed E-state index contributed by atoms with van der Waals surface area (Å²) in [6, 6.07) is 0. The Morgan fingerprint density at radius 2 is 2.47 bits per heavy atom. The van der Waals surface area contributed by atoms with Gasteiger partial charge in [0.25, 0.3) is 0 Å². The molecule has 0 unspecified atom stereocenters. The maximum absolute atomic E-state index is 11.6. The molecule has 2 heterocycles. The van der Waals surface area contributed by atoms with Crippen LogP contribution in [-0.4, -0.2) is 35.2 Å². The molecule has 2 rings (SSSR count). The minimum Gasteiger partial charge on any atom is -0.393 e. The van der Waals surface area contributed by atoms with Gasteiger partial charge in [-0.3, -0.25) is 4.57 Å². The summed E-state index contributed by atoms with van der Waals surface area (Å²) in [6.45, 7) is 3.61. The van der Waals surface area contributed by atoms with Gasteiger partial charge in [-0.2, -0.15) is 4.98 Å². The molecule has 0 aromatic carbocycles. The largest absolute Gasteiger partial charge is 0.393 e. The zero-order valence-corrected chi connectivity index (χ0v) is 9.17. The van der Waals surface area contributed by atoms with E-state index in [4.69, 9.17) is 23.4 Å². The average molecular weight is 233 g/mol. The van der Waals surface area contributed by atoms with Crippen molar-refractivity contribution in [3.63, 3.8) is 0 Å². The van der Waals surface area contributed by atoms with E-state index in [9.17, 15) is 4.79 Å². The molecule has 6 nitrogen and oxygen atoms in total. The Balaban J connectivity index is 2.34. The molecule has 0 spiro atoms. The van der Waals surface area contributed by atoms with E-state index in [1.807, 2.05) is 0 Å². The lowest BCUT2D eigenvalue weighted by atomic mass is 9.99. The number of ether oxygens (including phenoxy) is 1. The van der Waals surface area contributed by atoms with Crippen molar-refractivity contribution in [1.82, 2.24) is 9.55 Å². The number of hydrogen-bond donors (Lipinski definition) is 2. The quantitative estimate of drug-likeness (QED) is 0.477. The number of hydrogen-bond acceptors (Lipinski definition) is 5. The normalized spacial score (nSPS) is 24.2. The molecular formula is C10H12BN3O3. The van der Waals surface area contributed by atoms with E-state index in [-0.39, 0.29) is 17.9 Å². The third-order valence-corrected chi connectivity index (χ3v) is 2.70. The van der Waals surface area contributed by atoms with E-state index in [1.54, 1.807) is 0 Å². The monoisotopic (exact) mass is 233 g/mol. The predicted molar refractivity (Wildman–Crippen MR) is 63.1 cm³/mol. The average Bonchev–Trinajstić information content (AvgIpc) is 2.65. The van der Waals surface area contributed by atoms with Crippen LogP contribution in [0.25, 0.3) is 0 Å². The molecule has 0 amide bonds. The molecule has 1 aliphatic rings. The predicted octanol–water partition coefficient (Wildman–Crippen LogP) is -1.54. The number of anilines is 1. The SMILES string of the molecule is [B]c1cn([C@H]2CC(=C)[C@@H](CO)O2)c(=O)nc1N. The standard InChI is InChI=1S/C10H12BN3O3/c1-5-2-8(17-7(5)4-15)14-3-6(11)9(12)13-10(14)16/h3,7-8,15H,1-2,4H2,(H2,12,13,16)/t7-,8-/m1/s1. The van der Waals surface area contributed by atoms with E-state index in [0.717, 1.165) is 5.57 Å². The van der Waals surface area contributed by atoms with Crippen molar-refractivity contribution in [1.29, 1.82) is 0 Å². The number of rotatable bonds is 2. The summed E-state index contributed by atoms with van der Waals surface area (Å²) in [6.07, 6.45) is 0.840. The first-order valence-corrected chi connectivity index (χ1v) is 5.11. The van der Waals surface area contributed by atoms with Crippen LogP contribution < -0.4 is 16.9 Å². The number of nitrogen functional groups attached to an aromatic ring is 1. The van der Waals surface area contributed by atoms with Crippen molar-refractivity contribution in [3.8, 4) is 0 Å². The van der Waals surface area contributed by atoms with Gasteiger partial charge in [0.1, 0.15) is 26.0 Å². The Labute approximate surface area is 99.1 Å². The third kappa shape index (κ3) is 2.11. The molecule has 0 aliphatic carbocycles. The van der Waals surface area contributed by atoms with Crippen LogP contribution in [0.15, 0.2) is 23.1 Å². The van der Waals surface area contributed by atoms with Crippen molar-refractivity contribution < 1.29 is 9.84 Å². The van der Waals surface area contributed by atoms with Gasteiger partial charge in [-0.1, -0.05) is 6.58 Å². The van der Waals surface area contributed by atoms with Gasteiger partial charge in [-0.05, 0) is 11.0 Å². The van der Waals surface area contributed by atoms with Crippen LogP contribution >= 0.6 is 0 Å². The van der Waals surface area contributed by atoms with Crippen molar-refractivity contribution >= 4 is 19.1 Å². The van der Waals surface area contributed by atoms with Gasteiger partial charge >= 0.3 is 5.69 Å². The number of nitrogens with zero attached hydrogens (tertiary/aromatic N) is 2. The van der Waals surface area contributed by atoms with Gasteiger partial charge in [0.15, 0.2) is 0 Å². The Morgan fingerprint density at radius 3 is 3.06 bits per heavy atom. The second kappa shape index (κ2) is 4.35. The van der Waals surface area contributed by atoms with Gasteiger partial charge in [-0.15, -0.1) is 0 Å². The molecule has 1 aromatic rings. The summed E-state index contributed by atoms with van der Waals surface area (Å²) in [4.78, 5) is 15.2. The molecule has 0 saturated carbocycles. The first-order chi connectivity index (χ1) is 8.02. The molecule has 1 fully saturated rings. The third-order valence-electron chi connectivity index (χ3n) is 2.70. The summed E-state index contributed by atoms with van der Waals surface area (Å²) < 4.78 is 6.72. The lowest BCUT2D eigenvalue weighted by Gasteiger charge is -2.15. The Kier molecular flexibility index (Phi) is 3.04. The van der Waals surface area contributed by atoms with Gasteiger partial charge in [0.05, 0.1) is 6.61 Å². The van der Waals surface area contributed by atoms with Crippen LogP contribution in [-0.2, 0) is 4.74 Å². The van der Waals surface area contributed by atoms with E-state index in [0.29, 0.717) is 6.42 Å². The fraction of sp³-hybridized carbons (Fsp3) is 0.400. The van der Waals surface area contributed by atoms with Gasteiger partial charge < -0.3 is 15.6 Å². The molecule has 2 atom stereocenters. The molecule has 1 aliphatic heterocycles. The summed E-state index contributed by atoms with van der Waals surface area (Å²) in [5, 5.41) is 9.04. The second-order valence-corrected chi connectivity index (χ2v) is 3.90. The van der Waals surface area contributed by atoms with Gasteiger partial charge in [0, 0.05) is 12.6 Å². The van der Waals surface area contributed by atoms with Crippen molar-refractivity contribution in [3.05, 3.63) is 28.8 Å². The summed E-state index contributed by atoms with van der Waals surface area (Å²) in [5.74, 6) is 0.00165. The smallest absolute Gasteiger partial charge is 0.351 e. The number of aliphatic hydroxyl groups is 1. The first kappa shape index (κ1) is 11.9. The second-order valence-electron chi connectivity index (χ2n) is 3.90. The molecule has 0 bridgehead atoms. The fourth-order valence-corrected chi connectivity index (χ4v) is 1.73. The molecule has 1 aromatic heterocycles. The van der Waals surface area contributed by atoms with Crippen LogP contribution in [0.4, 0.5) is 5.82 Å². The highest BCUT2D eigenvalue weighted by Gasteiger charge is 2.30. The summed E-state index contributed by atoms with van der Waals surface area (Å²) in [7, 11) is 5.58. The maximum atomic E-state index is 11.6. The molecular weight excluding hydrogens is 221 g/mol. The Bertz CT molecular complexity index is 514. The van der Waals surface area contributed by atoms with E-state index < -0.39 is 18.0 Å². The topological polar surface area (TPSA) is 90.4 Å². The fourth-order valence-electron chi connectivity index (χ4n) is 1.73. The minimum absolute atomic E-state index is 0.00165. The highest BCUT2D eigenvalue weighted by Crippen LogP contribution is 2.30. The van der Waals surface area contributed by atoms with Crippen molar-refractivity contribution in [2.45, 2.75) is 18.8 Å². The van der Waals surface area contributed by atoms with Crippen LogP contribution in [0.5, 0.6) is 0 Å². The van der Waals surface area contributed by atoms with Gasteiger partial charge in [0.2, 0.25) is 0 Å². The molecule has 17 heavy (non-hydrogen) atoms. The molecule has 88 valence electrons. The number of aromatic nitrogens is 2. The van der Waals surface area contributed by atoms with Crippen LogP contribution in [0.3, 0.4) is 0 Å². The Hall–Kier alpha value is -1.60. The number of aliphatic hydroxyl groups excluding tert-OH is 1. The zero-order valence-electron chi connectivity index (χ0n) is 9.17. The summed E-state index contributed by atoms with van der Waals surface area (Å²) in [5.41, 5.74) is 5.84. The first-order valence-electron chi connectivity index (χ1n) is 5.11. The Morgan fingerprint density at radius 1 is 1.76 bits per heavy atom. The van der Waals surface area contributed by atoms with Gasteiger partial charge in [-0.25, -0.2) is 4.79 Å². The highest BCUT2D eigenvalue weighted by molar-refractivity contribution is 6.34. The maximum Gasteiger partial charge on any atom is 0.351 e. The lowest BCUT2D eigenvalue weighted by molar-refractivity contribution is -0.0185. The van der Waals surface area contributed by atoms with Crippen LogP contribution in [0.1, 0.15) is 12.6 Å². The molecule has 2 radical (unpaired) electrons. The van der Waals surface area contributed by atoms with E-state index >= 15 is 0 Å². The lowest BCUT2D eigenvalue weighted by Crippen LogP contribution is -2.33. The van der Waals surface area contributed by atoms with Crippen molar-refractivity contribution in [2.75, 3.05) is 12.3 Å². The summed E-state index contributed by atoms with van der Waals surface area (Å²) >= 11 is 0. The molecule has 3 N–H and O–H groups in total. The minimum atomic E-state index is -0.539. The highest BCUT2D eigenvalue weighted by atomic mass is 16.5. The van der Waals surface area contributed by atoms with Crippen LogP contribution in [0, 0.1) is 0 Å². The van der Waals surface area contributed by atoms with E-state index in [1.165, 1.54) is 10.8 Å². The molecule has 7 heteroatoms. The van der Waals surface area contributed by atoms with Crippen molar-refractivity contribution in [2.24, 2.45) is 0 Å². The van der Waals surface area contributed by atoms with E-state index in [2.05, 4.69) is 11.6 Å². The molecule has 1 saturated heterocycles. The zero-order chi connectivity index (χ0) is 12.6. The van der Waals surface area contributed by atoms with Crippen LogP contribution in [0.2, 0.25) is 0 Å². The number of nitrogens with two attached hydrogens (primary N) is 1.